The number of hydrogen-bond acceptors (Lipinski definition) is 4. The molecule has 0 aromatic heterocycles. The Hall–Kier alpha value is -3.49. The highest BCUT2D eigenvalue weighted by Gasteiger charge is 2.38. The summed E-state index contributed by atoms with van der Waals surface area (Å²) in [6.45, 7) is 0. The van der Waals surface area contributed by atoms with Crippen molar-refractivity contribution in [3.05, 3.63) is 90.0 Å². The Morgan fingerprint density at radius 1 is 0.931 bits per heavy atom. The first-order valence-corrected chi connectivity index (χ1v) is 10.3. The Morgan fingerprint density at radius 3 is 2.17 bits per heavy atom. The molecule has 3 aromatic carbocycles. The number of benzene rings is 3. The van der Waals surface area contributed by atoms with Gasteiger partial charge in [-0.15, -0.1) is 0 Å². The summed E-state index contributed by atoms with van der Waals surface area (Å²) in [7, 11) is -3.96. The van der Waals surface area contributed by atoms with Crippen molar-refractivity contribution in [3.8, 4) is 0 Å². The van der Waals surface area contributed by atoms with Gasteiger partial charge in [-0.05, 0) is 35.9 Å². The standard InChI is InChI=1S/C21H17N3O4S/c22-29(27,28)16-11-12-18-17(13-16)23-20(25)19(14-7-3-1-4-8-14)24(18)21(26)15-9-5-2-6-10-15/h1-13,19H,(H,23,25)(H2,22,27,28). The molecule has 2 amide bonds. The van der Waals surface area contributed by atoms with Crippen molar-refractivity contribution >= 4 is 33.2 Å². The van der Waals surface area contributed by atoms with E-state index in [0.717, 1.165) is 0 Å². The van der Waals surface area contributed by atoms with E-state index < -0.39 is 22.0 Å². The maximum absolute atomic E-state index is 13.4. The molecule has 0 saturated carbocycles. The van der Waals surface area contributed by atoms with Gasteiger partial charge in [0.2, 0.25) is 10.0 Å². The Kier molecular flexibility index (Phi) is 4.65. The lowest BCUT2D eigenvalue weighted by Crippen LogP contribution is -2.45. The van der Waals surface area contributed by atoms with Gasteiger partial charge >= 0.3 is 0 Å². The molecule has 1 aliphatic heterocycles. The molecule has 7 nitrogen and oxygen atoms in total. The van der Waals surface area contributed by atoms with Gasteiger partial charge < -0.3 is 5.32 Å². The number of nitrogens with zero attached hydrogens (tertiary/aromatic N) is 1. The fourth-order valence-electron chi connectivity index (χ4n) is 3.34. The largest absolute Gasteiger partial charge is 0.322 e. The van der Waals surface area contributed by atoms with Gasteiger partial charge in [-0.3, -0.25) is 14.5 Å². The van der Waals surface area contributed by atoms with Crippen molar-refractivity contribution in [1.29, 1.82) is 0 Å². The van der Waals surface area contributed by atoms with Crippen LogP contribution in [0.2, 0.25) is 0 Å². The number of nitrogens with two attached hydrogens (primary N) is 1. The molecule has 8 heteroatoms. The quantitative estimate of drug-likeness (QED) is 0.695. The molecule has 0 bridgehead atoms. The van der Waals surface area contributed by atoms with Gasteiger partial charge in [0, 0.05) is 5.56 Å². The van der Waals surface area contributed by atoms with Crippen LogP contribution in [0.25, 0.3) is 0 Å². The highest BCUT2D eigenvalue weighted by Crippen LogP contribution is 2.40. The molecule has 146 valence electrons. The van der Waals surface area contributed by atoms with Gasteiger partial charge in [0.1, 0.15) is 6.04 Å². The monoisotopic (exact) mass is 407 g/mol. The summed E-state index contributed by atoms with van der Waals surface area (Å²) < 4.78 is 23.4. The van der Waals surface area contributed by atoms with Crippen LogP contribution in [0.15, 0.2) is 83.8 Å². The van der Waals surface area contributed by atoms with E-state index in [9.17, 15) is 18.0 Å². The van der Waals surface area contributed by atoms with Gasteiger partial charge in [-0.1, -0.05) is 48.5 Å². The number of carbonyl (C=O) groups excluding carboxylic acids is 2. The predicted octanol–water partition coefficient (Wildman–Crippen LogP) is 2.67. The number of hydrogen-bond donors (Lipinski definition) is 2. The number of carbonyl (C=O) groups is 2. The topological polar surface area (TPSA) is 110 Å². The fraction of sp³-hybridized carbons (Fsp3) is 0.0476. The summed E-state index contributed by atoms with van der Waals surface area (Å²) in [6.07, 6.45) is 0. The zero-order valence-corrected chi connectivity index (χ0v) is 16.0. The molecular formula is C21H17N3O4S. The SMILES string of the molecule is NS(=O)(=O)c1ccc2c(c1)NC(=O)C(c1ccccc1)N2C(=O)c1ccccc1. The van der Waals surface area contributed by atoms with Crippen molar-refractivity contribution in [2.24, 2.45) is 5.14 Å². The number of primary sulfonamides is 1. The molecule has 0 radical (unpaired) electrons. The molecule has 3 aromatic rings. The molecule has 0 fully saturated rings. The number of rotatable bonds is 3. The average Bonchev–Trinajstić information content (AvgIpc) is 2.72. The summed E-state index contributed by atoms with van der Waals surface area (Å²) >= 11 is 0. The third-order valence-electron chi connectivity index (χ3n) is 4.68. The van der Waals surface area contributed by atoms with Crippen LogP contribution in [0.1, 0.15) is 22.0 Å². The van der Waals surface area contributed by atoms with E-state index >= 15 is 0 Å². The second-order valence-corrected chi connectivity index (χ2v) is 8.13. The zero-order valence-electron chi connectivity index (χ0n) is 15.1. The number of anilines is 2. The van der Waals surface area contributed by atoms with E-state index in [1.165, 1.54) is 23.1 Å². The summed E-state index contributed by atoms with van der Waals surface area (Å²) in [5.41, 5.74) is 1.64. The van der Waals surface area contributed by atoms with Gasteiger partial charge in [0.15, 0.2) is 0 Å². The van der Waals surface area contributed by atoms with Crippen LogP contribution < -0.4 is 15.4 Å². The zero-order chi connectivity index (χ0) is 20.6. The smallest absolute Gasteiger partial charge is 0.259 e. The van der Waals surface area contributed by atoms with Gasteiger partial charge in [-0.2, -0.15) is 0 Å². The lowest BCUT2D eigenvalue weighted by atomic mass is 9.99. The number of fused-ring (bicyclic) bond motifs is 1. The summed E-state index contributed by atoms with van der Waals surface area (Å²) in [6, 6.07) is 20.7. The minimum absolute atomic E-state index is 0.151. The van der Waals surface area contributed by atoms with Gasteiger partial charge in [-0.25, -0.2) is 13.6 Å². The van der Waals surface area contributed by atoms with Crippen molar-refractivity contribution in [1.82, 2.24) is 0 Å². The molecule has 29 heavy (non-hydrogen) atoms. The van der Waals surface area contributed by atoms with E-state index in [0.29, 0.717) is 16.8 Å². The Bertz CT molecular complexity index is 1200. The van der Waals surface area contributed by atoms with Crippen LogP contribution in [-0.4, -0.2) is 20.2 Å². The normalized spacial score (nSPS) is 16.1. The van der Waals surface area contributed by atoms with Crippen molar-refractivity contribution in [3.63, 3.8) is 0 Å². The summed E-state index contributed by atoms with van der Waals surface area (Å²) in [5.74, 6) is -0.821. The molecule has 1 atom stereocenters. The second kappa shape index (κ2) is 7.16. The summed E-state index contributed by atoms with van der Waals surface area (Å²) in [5, 5.41) is 7.91. The Balaban J connectivity index is 1.90. The maximum atomic E-state index is 13.4. The highest BCUT2D eigenvalue weighted by atomic mass is 32.2. The lowest BCUT2D eigenvalue weighted by Gasteiger charge is -2.37. The van der Waals surface area contributed by atoms with Crippen molar-refractivity contribution in [2.45, 2.75) is 10.9 Å². The first kappa shape index (κ1) is 18.9. The number of amides is 2. The lowest BCUT2D eigenvalue weighted by molar-refractivity contribution is -0.117. The molecule has 1 heterocycles. The van der Waals surface area contributed by atoms with Crippen LogP contribution in [0.4, 0.5) is 11.4 Å². The van der Waals surface area contributed by atoms with Crippen LogP contribution in [0.3, 0.4) is 0 Å². The van der Waals surface area contributed by atoms with E-state index in [4.69, 9.17) is 5.14 Å². The number of sulfonamides is 1. The van der Waals surface area contributed by atoms with Crippen LogP contribution in [0.5, 0.6) is 0 Å². The minimum atomic E-state index is -3.96. The van der Waals surface area contributed by atoms with Gasteiger partial charge in [0.05, 0.1) is 16.3 Å². The second-order valence-electron chi connectivity index (χ2n) is 6.57. The minimum Gasteiger partial charge on any atom is -0.322 e. The molecule has 0 spiro atoms. The van der Waals surface area contributed by atoms with Crippen LogP contribution >= 0.6 is 0 Å². The third kappa shape index (κ3) is 3.51. The van der Waals surface area contributed by atoms with Crippen molar-refractivity contribution in [2.75, 3.05) is 10.2 Å². The number of nitrogens with one attached hydrogen (secondary N) is 1. The molecule has 1 unspecified atom stereocenters. The molecule has 4 rings (SSSR count). The molecule has 1 aliphatic rings. The molecular weight excluding hydrogens is 390 g/mol. The third-order valence-corrected chi connectivity index (χ3v) is 5.59. The van der Waals surface area contributed by atoms with Crippen LogP contribution in [-0.2, 0) is 14.8 Å². The van der Waals surface area contributed by atoms with Crippen LogP contribution in [0, 0.1) is 0 Å². The summed E-state index contributed by atoms with van der Waals surface area (Å²) in [4.78, 5) is 27.6. The molecule has 3 N–H and O–H groups in total. The highest BCUT2D eigenvalue weighted by molar-refractivity contribution is 7.89. The van der Waals surface area contributed by atoms with E-state index in [1.54, 1.807) is 54.6 Å². The molecule has 0 aliphatic carbocycles. The first-order chi connectivity index (χ1) is 13.9. The first-order valence-electron chi connectivity index (χ1n) is 8.77. The fourth-order valence-corrected chi connectivity index (χ4v) is 3.88. The van der Waals surface area contributed by atoms with E-state index in [2.05, 4.69) is 5.32 Å². The molecule has 0 saturated heterocycles. The van der Waals surface area contributed by atoms with Gasteiger partial charge in [0.25, 0.3) is 11.8 Å². The maximum Gasteiger partial charge on any atom is 0.259 e. The van der Waals surface area contributed by atoms with E-state index in [-0.39, 0.29) is 16.5 Å². The van der Waals surface area contributed by atoms with E-state index in [1.807, 2.05) is 6.07 Å². The van der Waals surface area contributed by atoms with Crippen molar-refractivity contribution < 1.29 is 18.0 Å². The predicted molar refractivity (Wildman–Crippen MR) is 109 cm³/mol. The average molecular weight is 407 g/mol. The Labute approximate surface area is 167 Å². The Morgan fingerprint density at radius 2 is 1.55 bits per heavy atom.